The molecule has 0 fully saturated rings. The van der Waals surface area contributed by atoms with E-state index in [9.17, 15) is 21.6 Å². The number of para-hydroxylation sites is 1. The first-order chi connectivity index (χ1) is 10.3. The first-order valence-corrected chi connectivity index (χ1v) is 8.56. The summed E-state index contributed by atoms with van der Waals surface area (Å²) in [5, 5.41) is 3.73. The van der Waals surface area contributed by atoms with Gasteiger partial charge in [-0.2, -0.15) is 11.3 Å². The summed E-state index contributed by atoms with van der Waals surface area (Å²) in [6.45, 7) is 0.0828. The van der Waals surface area contributed by atoms with Gasteiger partial charge in [0.2, 0.25) is 10.0 Å². The van der Waals surface area contributed by atoms with E-state index in [0.29, 0.717) is 6.42 Å². The topological polar surface area (TPSA) is 55.4 Å². The standard InChI is InChI=1S/C13H12F3NO3S2/c14-13(15,16)20-11-3-1-2-4-12(11)22(18,19)17-7-5-10-6-8-21-9-10/h1-4,6,8-9,17H,5,7H2. The van der Waals surface area contributed by atoms with E-state index in [1.165, 1.54) is 23.5 Å². The number of alkyl halides is 3. The molecule has 2 aromatic rings. The predicted molar refractivity (Wildman–Crippen MR) is 76.3 cm³/mol. The monoisotopic (exact) mass is 351 g/mol. The zero-order chi connectivity index (χ0) is 16.2. The first-order valence-electron chi connectivity index (χ1n) is 6.13. The molecule has 1 aromatic carbocycles. The van der Waals surface area contributed by atoms with Crippen LogP contribution in [0.1, 0.15) is 5.56 Å². The van der Waals surface area contributed by atoms with Gasteiger partial charge in [-0.15, -0.1) is 13.2 Å². The van der Waals surface area contributed by atoms with Gasteiger partial charge in [-0.3, -0.25) is 0 Å². The minimum Gasteiger partial charge on any atom is -0.404 e. The highest BCUT2D eigenvalue weighted by molar-refractivity contribution is 7.89. The minimum absolute atomic E-state index is 0.0828. The summed E-state index contributed by atoms with van der Waals surface area (Å²) in [4.78, 5) is -0.544. The van der Waals surface area contributed by atoms with Crippen LogP contribution in [0.4, 0.5) is 13.2 Å². The van der Waals surface area contributed by atoms with E-state index in [-0.39, 0.29) is 6.54 Å². The number of hydrogen-bond donors (Lipinski definition) is 1. The van der Waals surface area contributed by atoms with Gasteiger partial charge in [0, 0.05) is 6.54 Å². The number of rotatable bonds is 6. The lowest BCUT2D eigenvalue weighted by molar-refractivity contribution is -0.275. The fourth-order valence-corrected chi connectivity index (χ4v) is 3.59. The number of benzene rings is 1. The Morgan fingerprint density at radius 2 is 1.91 bits per heavy atom. The van der Waals surface area contributed by atoms with Crippen LogP contribution in [-0.4, -0.2) is 21.3 Å². The third-order valence-electron chi connectivity index (χ3n) is 2.65. The summed E-state index contributed by atoms with van der Waals surface area (Å²) in [6.07, 6.45) is -4.51. The van der Waals surface area contributed by atoms with Gasteiger partial charge in [0.1, 0.15) is 10.6 Å². The predicted octanol–water partition coefficient (Wildman–Crippen LogP) is 3.17. The average molecular weight is 351 g/mol. The van der Waals surface area contributed by atoms with Crippen LogP contribution in [-0.2, 0) is 16.4 Å². The average Bonchev–Trinajstić information content (AvgIpc) is 2.90. The maximum atomic E-state index is 12.3. The van der Waals surface area contributed by atoms with Gasteiger partial charge in [-0.25, -0.2) is 13.1 Å². The number of halogens is 3. The van der Waals surface area contributed by atoms with Gasteiger partial charge >= 0.3 is 6.36 Å². The van der Waals surface area contributed by atoms with Crippen molar-refractivity contribution in [2.24, 2.45) is 0 Å². The molecule has 0 radical (unpaired) electrons. The molecule has 4 nitrogen and oxygen atoms in total. The fourth-order valence-electron chi connectivity index (χ4n) is 1.72. The van der Waals surface area contributed by atoms with Gasteiger partial charge in [-0.05, 0) is 40.9 Å². The molecule has 1 N–H and O–H groups in total. The van der Waals surface area contributed by atoms with E-state index in [1.807, 2.05) is 16.8 Å². The van der Waals surface area contributed by atoms with Crippen molar-refractivity contribution in [2.45, 2.75) is 17.7 Å². The Hall–Kier alpha value is -1.58. The van der Waals surface area contributed by atoms with Crippen LogP contribution < -0.4 is 9.46 Å². The summed E-state index contributed by atoms with van der Waals surface area (Å²) in [5.41, 5.74) is 0.951. The Morgan fingerprint density at radius 3 is 2.55 bits per heavy atom. The van der Waals surface area contributed by atoms with E-state index in [0.717, 1.165) is 17.7 Å². The number of ether oxygens (including phenoxy) is 1. The van der Waals surface area contributed by atoms with Gasteiger partial charge < -0.3 is 4.74 Å². The van der Waals surface area contributed by atoms with Crippen molar-refractivity contribution < 1.29 is 26.3 Å². The summed E-state index contributed by atoms with van der Waals surface area (Å²) in [7, 11) is -4.09. The third kappa shape index (κ3) is 4.72. The fraction of sp³-hybridized carbons (Fsp3) is 0.231. The number of sulfonamides is 1. The lowest BCUT2D eigenvalue weighted by Gasteiger charge is -2.13. The molecule has 0 saturated carbocycles. The molecule has 0 spiro atoms. The normalized spacial score (nSPS) is 12.3. The van der Waals surface area contributed by atoms with Crippen LogP contribution in [0.3, 0.4) is 0 Å². The first kappa shape index (κ1) is 16.8. The van der Waals surface area contributed by atoms with Crippen molar-refractivity contribution in [2.75, 3.05) is 6.54 Å². The third-order valence-corrected chi connectivity index (χ3v) is 4.88. The molecule has 0 atom stereocenters. The van der Waals surface area contributed by atoms with Crippen LogP contribution in [0.5, 0.6) is 5.75 Å². The molecular formula is C13H12F3NO3S2. The SMILES string of the molecule is O=S(=O)(NCCc1ccsc1)c1ccccc1OC(F)(F)F. The molecule has 0 saturated heterocycles. The van der Waals surface area contributed by atoms with Gasteiger partial charge in [0.05, 0.1) is 0 Å². The minimum atomic E-state index is -4.96. The van der Waals surface area contributed by atoms with Gasteiger partial charge in [-0.1, -0.05) is 12.1 Å². The summed E-state index contributed by atoms with van der Waals surface area (Å²) < 4.78 is 67.2. The van der Waals surface area contributed by atoms with Crippen LogP contribution in [0.25, 0.3) is 0 Å². The lowest BCUT2D eigenvalue weighted by Crippen LogP contribution is -2.27. The molecule has 22 heavy (non-hydrogen) atoms. The second kappa shape index (κ2) is 6.67. The molecule has 1 heterocycles. The van der Waals surface area contributed by atoms with E-state index < -0.39 is 27.0 Å². The summed E-state index contributed by atoms with van der Waals surface area (Å²) in [5.74, 6) is -0.752. The van der Waals surface area contributed by atoms with E-state index in [4.69, 9.17) is 0 Å². The smallest absolute Gasteiger partial charge is 0.404 e. The number of nitrogens with one attached hydrogen (secondary N) is 1. The largest absolute Gasteiger partial charge is 0.573 e. The van der Waals surface area contributed by atoms with Crippen LogP contribution >= 0.6 is 11.3 Å². The molecule has 2 rings (SSSR count). The number of thiophene rings is 1. The second-order valence-electron chi connectivity index (χ2n) is 4.27. The van der Waals surface area contributed by atoms with Crippen molar-refractivity contribution in [1.29, 1.82) is 0 Å². The Labute approximate surface area is 129 Å². The maximum Gasteiger partial charge on any atom is 0.573 e. The highest BCUT2D eigenvalue weighted by Crippen LogP contribution is 2.29. The Kier molecular flexibility index (Phi) is 5.09. The van der Waals surface area contributed by atoms with Crippen LogP contribution in [0.2, 0.25) is 0 Å². The molecule has 0 unspecified atom stereocenters. The second-order valence-corrected chi connectivity index (χ2v) is 6.79. The summed E-state index contributed by atoms with van der Waals surface area (Å²) >= 11 is 1.48. The molecule has 0 aliphatic rings. The molecule has 0 bridgehead atoms. The molecule has 9 heteroatoms. The lowest BCUT2D eigenvalue weighted by atomic mass is 10.2. The molecule has 1 aromatic heterocycles. The molecule has 0 amide bonds. The Morgan fingerprint density at radius 1 is 1.18 bits per heavy atom. The molecule has 0 aliphatic heterocycles. The van der Waals surface area contributed by atoms with E-state index in [2.05, 4.69) is 9.46 Å². The molecule has 120 valence electrons. The zero-order valence-corrected chi connectivity index (χ0v) is 12.8. The van der Waals surface area contributed by atoms with Crippen molar-refractivity contribution in [3.05, 3.63) is 46.7 Å². The zero-order valence-electron chi connectivity index (χ0n) is 11.1. The van der Waals surface area contributed by atoms with Crippen molar-refractivity contribution in [1.82, 2.24) is 4.72 Å². The highest BCUT2D eigenvalue weighted by Gasteiger charge is 2.33. The van der Waals surface area contributed by atoms with Crippen LogP contribution in [0.15, 0.2) is 46.0 Å². The highest BCUT2D eigenvalue weighted by atomic mass is 32.2. The van der Waals surface area contributed by atoms with Gasteiger partial charge in [0.25, 0.3) is 0 Å². The molecule has 0 aliphatic carbocycles. The van der Waals surface area contributed by atoms with Crippen molar-refractivity contribution in [3.63, 3.8) is 0 Å². The van der Waals surface area contributed by atoms with E-state index >= 15 is 0 Å². The van der Waals surface area contributed by atoms with Crippen molar-refractivity contribution in [3.8, 4) is 5.75 Å². The van der Waals surface area contributed by atoms with Crippen molar-refractivity contribution >= 4 is 21.4 Å². The van der Waals surface area contributed by atoms with E-state index in [1.54, 1.807) is 0 Å². The Bertz CT molecular complexity index is 712. The summed E-state index contributed by atoms with van der Waals surface area (Å²) in [6, 6.07) is 6.47. The van der Waals surface area contributed by atoms with Gasteiger partial charge in [0.15, 0.2) is 0 Å². The quantitative estimate of drug-likeness (QED) is 0.870. The number of hydrogen-bond acceptors (Lipinski definition) is 4. The maximum absolute atomic E-state index is 12.3. The van der Waals surface area contributed by atoms with Crippen LogP contribution in [0, 0.1) is 0 Å². The molecular weight excluding hydrogens is 339 g/mol. The Balaban J connectivity index is 2.11.